The van der Waals surface area contributed by atoms with Crippen LogP contribution in [0.2, 0.25) is 0 Å². The van der Waals surface area contributed by atoms with Gasteiger partial charge >= 0.3 is 12.1 Å². The number of carbonyl (C=O) groups excluding carboxylic acids is 4. The Morgan fingerprint density at radius 3 is 2.29 bits per heavy atom. The van der Waals surface area contributed by atoms with Crippen molar-refractivity contribution < 1.29 is 52.2 Å². The van der Waals surface area contributed by atoms with E-state index in [2.05, 4.69) is 5.32 Å². The van der Waals surface area contributed by atoms with Gasteiger partial charge in [0.1, 0.15) is 35.7 Å². The summed E-state index contributed by atoms with van der Waals surface area (Å²) >= 11 is 0. The number of ether oxygens (including phenoxy) is 2. The number of carboxylic acid groups (broad SMARTS) is 1. The number of hydrogen-bond acceptors (Lipinski definition) is 8. The summed E-state index contributed by atoms with van der Waals surface area (Å²) in [6.07, 6.45) is 1.27. The lowest BCUT2D eigenvalue weighted by Crippen LogP contribution is -2.87. The molecule has 282 valence electrons. The number of quaternary nitrogens is 1. The quantitative estimate of drug-likeness (QED) is 0.172. The van der Waals surface area contributed by atoms with E-state index in [1.165, 1.54) is 0 Å². The van der Waals surface area contributed by atoms with Crippen molar-refractivity contribution in [2.24, 2.45) is 4.99 Å². The number of aliphatic imine (C=N–C) groups is 1. The van der Waals surface area contributed by atoms with Gasteiger partial charge in [-0.05, 0) is 76.4 Å². The highest BCUT2D eigenvalue weighted by atomic mass is 19.4. The molecular weight excluding hydrogens is 681 g/mol. The third-order valence-electron chi connectivity index (χ3n) is 8.24. The van der Waals surface area contributed by atoms with Gasteiger partial charge in [0.15, 0.2) is 5.70 Å². The van der Waals surface area contributed by atoms with Crippen LogP contribution in [0.5, 0.6) is 5.75 Å². The number of benzene rings is 2. The molecule has 1 amide bonds. The van der Waals surface area contributed by atoms with E-state index in [9.17, 15) is 27.6 Å². The van der Waals surface area contributed by atoms with Crippen molar-refractivity contribution in [3.05, 3.63) is 71.6 Å². The van der Waals surface area contributed by atoms with Crippen LogP contribution in [0.3, 0.4) is 0 Å². The maximum absolute atomic E-state index is 13.7. The number of fused-ring (bicyclic) bond motifs is 1. The summed E-state index contributed by atoms with van der Waals surface area (Å²) in [7, 11) is 1.61. The second-order valence-electron chi connectivity index (χ2n) is 13.3. The molecule has 3 N–H and O–H groups in total. The van der Waals surface area contributed by atoms with Gasteiger partial charge in [-0.3, -0.25) is 19.7 Å². The molecule has 1 aromatic heterocycles. The molecule has 1 aliphatic rings. The summed E-state index contributed by atoms with van der Waals surface area (Å²) in [5.41, 5.74) is 3.98. The van der Waals surface area contributed by atoms with E-state index in [4.69, 9.17) is 24.4 Å². The van der Waals surface area contributed by atoms with Gasteiger partial charge < -0.3 is 29.3 Å². The second-order valence-corrected chi connectivity index (χ2v) is 13.3. The van der Waals surface area contributed by atoms with E-state index in [1.54, 1.807) is 7.11 Å². The monoisotopic (exact) mass is 728 g/mol. The number of carboxylic acids is 1. The number of alkyl halides is 3. The molecule has 0 bridgehead atoms. The first kappa shape index (κ1) is 41.4. The molecule has 3 aromatic rings. The van der Waals surface area contributed by atoms with E-state index in [1.807, 2.05) is 99.2 Å². The first-order valence-corrected chi connectivity index (χ1v) is 17.1. The lowest BCUT2D eigenvalue weighted by Gasteiger charge is -2.20. The summed E-state index contributed by atoms with van der Waals surface area (Å²) in [5.74, 6) is -1.71. The number of rotatable bonds is 15. The Morgan fingerprint density at radius 2 is 1.69 bits per heavy atom. The van der Waals surface area contributed by atoms with Gasteiger partial charge in [-0.2, -0.15) is 13.2 Å². The van der Waals surface area contributed by atoms with Gasteiger partial charge in [-0.25, -0.2) is 4.99 Å². The van der Waals surface area contributed by atoms with Crippen molar-refractivity contribution in [3.63, 3.8) is 0 Å². The third kappa shape index (κ3) is 12.4. The number of nitrogens with one attached hydrogen (secondary N) is 1. The van der Waals surface area contributed by atoms with Crippen molar-refractivity contribution in [1.29, 1.82) is 0 Å². The second kappa shape index (κ2) is 18.5. The fourth-order valence-corrected chi connectivity index (χ4v) is 5.67. The number of esters is 1. The highest BCUT2D eigenvalue weighted by Gasteiger charge is 2.30. The summed E-state index contributed by atoms with van der Waals surface area (Å²) in [6, 6.07) is 15.5. The van der Waals surface area contributed by atoms with Crippen LogP contribution in [0.1, 0.15) is 83.0 Å². The lowest BCUT2D eigenvalue weighted by atomic mass is 10.0. The molecule has 1 atom stereocenters. The number of ketones is 1. The Bertz CT molecular complexity index is 1790. The zero-order valence-corrected chi connectivity index (χ0v) is 30.4. The van der Waals surface area contributed by atoms with E-state index < -0.39 is 17.7 Å². The topological polar surface area (TPSA) is 156 Å². The summed E-state index contributed by atoms with van der Waals surface area (Å²) in [4.78, 5) is 51.8. The van der Waals surface area contributed by atoms with Crippen LogP contribution in [0.25, 0.3) is 16.6 Å². The molecule has 14 heteroatoms. The minimum Gasteiger partial charge on any atom is -0.542 e. The third-order valence-corrected chi connectivity index (χ3v) is 8.24. The standard InChI is InChI=1S/C36H46N4O5.C2HF3O2/c1-7-26(41)16-12-9-13-17-30(35-37-22-31(39-35)25-14-10-8-11-15-25)38-33(42)21-28-24(2)40(23-34(43)45-36(3,4)5)32-19-18-27(44-6)20-29(28)32;3-2(4,5)1(6)7/h8,10-11,14-15,18-20,22,30H,7,9,12-13,16-17,21,23H2,1-6H3,(H,37,39)(H,38,42);(H,6,7)/t30-;/m0./s1. The van der Waals surface area contributed by atoms with Gasteiger partial charge in [0.05, 0.1) is 19.7 Å². The molecule has 0 fully saturated rings. The lowest BCUT2D eigenvalue weighted by molar-refractivity contribution is -0.434. The number of unbranched alkanes of at least 4 members (excludes halogenated alkanes) is 2. The number of aromatic nitrogens is 1. The highest BCUT2D eigenvalue weighted by Crippen LogP contribution is 2.30. The predicted octanol–water partition coefficient (Wildman–Crippen LogP) is 4.53. The molecule has 0 radical (unpaired) electrons. The molecule has 1 aliphatic heterocycles. The first-order chi connectivity index (χ1) is 24.4. The minimum atomic E-state index is -5.19. The number of nitrogens with two attached hydrogens (primary N) is 1. The Labute approximate surface area is 301 Å². The Kier molecular flexibility index (Phi) is 14.7. The zero-order valence-electron chi connectivity index (χ0n) is 30.4. The van der Waals surface area contributed by atoms with Crippen LogP contribution in [-0.4, -0.2) is 59.0 Å². The van der Waals surface area contributed by atoms with Crippen LogP contribution in [0.4, 0.5) is 13.2 Å². The van der Waals surface area contributed by atoms with Crippen LogP contribution >= 0.6 is 0 Å². The number of amidine groups is 1. The van der Waals surface area contributed by atoms with Gasteiger partial charge in [0.2, 0.25) is 11.7 Å². The van der Waals surface area contributed by atoms with Crippen molar-refractivity contribution in [2.75, 3.05) is 7.11 Å². The summed E-state index contributed by atoms with van der Waals surface area (Å²) < 4.78 is 44.6. The normalized spacial score (nSPS) is 13.4. The smallest absolute Gasteiger partial charge is 0.430 e. The Hall–Kier alpha value is -4.98. The van der Waals surface area contributed by atoms with Crippen molar-refractivity contribution in [1.82, 2.24) is 9.88 Å². The molecule has 0 saturated heterocycles. The number of halogens is 3. The van der Waals surface area contributed by atoms with Gasteiger partial charge in [-0.15, -0.1) is 0 Å². The Balaban J connectivity index is 0.000000944. The number of amides is 1. The molecule has 2 aromatic carbocycles. The van der Waals surface area contributed by atoms with Crippen molar-refractivity contribution >= 4 is 46.1 Å². The molecular formula is C38H47F3N4O7. The molecule has 2 heterocycles. The van der Waals surface area contributed by atoms with E-state index in [0.717, 1.165) is 58.5 Å². The molecule has 11 nitrogen and oxygen atoms in total. The van der Waals surface area contributed by atoms with E-state index in [-0.39, 0.29) is 36.7 Å². The summed E-state index contributed by atoms with van der Waals surface area (Å²) in [6.45, 7) is 9.40. The summed E-state index contributed by atoms with van der Waals surface area (Å²) in [5, 5.41) is 15.0. The maximum Gasteiger partial charge on any atom is 0.430 e. The predicted molar refractivity (Wildman–Crippen MR) is 188 cm³/mol. The largest absolute Gasteiger partial charge is 0.542 e. The SMILES string of the molecule is CCC(=O)CCCCC[C@H](NC(=O)Cc1c(C)n(CC(=O)OC(C)(C)C)c2ccc(OC)cc12)C1=NC=C(c2ccccc2)[NH2+]1.O=C([O-])C(F)(F)F. The van der Waals surface area contributed by atoms with E-state index >= 15 is 0 Å². The van der Waals surface area contributed by atoms with Crippen molar-refractivity contribution in [2.45, 2.75) is 104 Å². The van der Waals surface area contributed by atoms with Crippen molar-refractivity contribution in [3.8, 4) is 5.75 Å². The molecule has 52 heavy (non-hydrogen) atoms. The Morgan fingerprint density at radius 1 is 1.02 bits per heavy atom. The average Bonchev–Trinajstić information content (AvgIpc) is 3.67. The van der Waals surface area contributed by atoms with Crippen LogP contribution in [0.15, 0.2) is 59.7 Å². The number of nitrogens with zero attached hydrogens (tertiary/aromatic N) is 2. The molecule has 0 unspecified atom stereocenters. The fourth-order valence-electron chi connectivity index (χ4n) is 5.67. The van der Waals surface area contributed by atoms with Gasteiger partial charge in [-0.1, -0.05) is 38.0 Å². The number of Topliss-reactive ketones (excluding diaryl/α,β-unsaturated/α-hetero) is 1. The maximum atomic E-state index is 13.7. The van der Waals surface area contributed by atoms with E-state index in [0.29, 0.717) is 25.0 Å². The number of methoxy groups -OCH3 is 1. The molecule has 4 rings (SSSR count). The fraction of sp³-hybridized carbons (Fsp3) is 0.447. The highest BCUT2D eigenvalue weighted by molar-refractivity contribution is 5.94. The zero-order chi connectivity index (χ0) is 38.6. The van der Waals surface area contributed by atoms with Crippen LogP contribution < -0.4 is 20.5 Å². The minimum absolute atomic E-state index is 0.0381. The molecule has 0 spiro atoms. The molecule has 0 saturated carbocycles. The molecule has 0 aliphatic carbocycles. The number of aliphatic carboxylic acids is 1. The first-order valence-electron chi connectivity index (χ1n) is 17.1. The van der Waals surface area contributed by atoms with Gasteiger partial charge in [0, 0.05) is 35.0 Å². The van der Waals surface area contributed by atoms with Crippen LogP contribution in [0, 0.1) is 6.92 Å². The number of hydrogen-bond donors (Lipinski definition) is 2. The van der Waals surface area contributed by atoms with Crippen LogP contribution in [-0.2, 0) is 36.9 Å². The van der Waals surface area contributed by atoms with Gasteiger partial charge in [0.25, 0.3) is 0 Å². The number of carbonyl (C=O) groups is 4. The average molecular weight is 729 g/mol.